The summed E-state index contributed by atoms with van der Waals surface area (Å²) in [5, 5.41) is 0. The van der Waals surface area contributed by atoms with Gasteiger partial charge in [-0.3, -0.25) is 4.79 Å². The predicted molar refractivity (Wildman–Crippen MR) is 49.1 cm³/mol. The van der Waals surface area contributed by atoms with Crippen molar-refractivity contribution in [1.82, 2.24) is 4.98 Å². The third-order valence-electron chi connectivity index (χ3n) is 1.99. The molecule has 0 N–H and O–H groups in total. The van der Waals surface area contributed by atoms with Crippen LogP contribution >= 0.6 is 0 Å². The normalized spacial score (nSPS) is 18.1. The number of hydrogen-bond acceptors (Lipinski definition) is 4. The van der Waals surface area contributed by atoms with Gasteiger partial charge in [-0.15, -0.1) is 0 Å². The van der Waals surface area contributed by atoms with E-state index >= 15 is 0 Å². The fraction of sp³-hybridized carbons (Fsp3) is 0.400. The molecule has 1 aliphatic rings. The minimum absolute atomic E-state index is 0.379. The second-order valence-corrected chi connectivity index (χ2v) is 3.59. The highest BCUT2D eigenvalue weighted by molar-refractivity contribution is 5.72. The minimum Gasteiger partial charge on any atom is -0.461 e. The summed E-state index contributed by atoms with van der Waals surface area (Å²) in [6, 6.07) is 3.38. The summed E-state index contributed by atoms with van der Waals surface area (Å²) >= 11 is 0. The Balaban J connectivity index is 2.37. The average molecular weight is 193 g/mol. The molecule has 0 radical (unpaired) electrons. The highest BCUT2D eigenvalue weighted by atomic mass is 16.7. The standard InChI is InChI=1S/C10H11NO3/c1-10(2)13-6-8-9(14-10)4-3-7(5-12)11-8/h3-5H,6H2,1-2H3. The zero-order chi connectivity index (χ0) is 10.2. The van der Waals surface area contributed by atoms with Crippen molar-refractivity contribution in [2.75, 3.05) is 0 Å². The fourth-order valence-electron chi connectivity index (χ4n) is 1.30. The molecule has 4 heteroatoms. The van der Waals surface area contributed by atoms with Crippen LogP contribution in [0.25, 0.3) is 0 Å². The van der Waals surface area contributed by atoms with Gasteiger partial charge in [0.05, 0.1) is 6.61 Å². The molecule has 0 bridgehead atoms. The summed E-state index contributed by atoms with van der Waals surface area (Å²) in [7, 11) is 0. The molecule has 0 saturated heterocycles. The summed E-state index contributed by atoms with van der Waals surface area (Å²) in [4.78, 5) is 14.6. The van der Waals surface area contributed by atoms with Crippen molar-refractivity contribution in [3.05, 3.63) is 23.5 Å². The first-order valence-corrected chi connectivity index (χ1v) is 4.39. The zero-order valence-electron chi connectivity index (χ0n) is 8.11. The lowest BCUT2D eigenvalue weighted by Crippen LogP contribution is -2.35. The minimum atomic E-state index is -0.614. The first kappa shape index (κ1) is 9.15. The van der Waals surface area contributed by atoms with Crippen molar-refractivity contribution in [2.24, 2.45) is 0 Å². The Morgan fingerprint density at radius 1 is 1.50 bits per heavy atom. The van der Waals surface area contributed by atoms with Crippen molar-refractivity contribution in [3.8, 4) is 5.75 Å². The molecule has 14 heavy (non-hydrogen) atoms. The van der Waals surface area contributed by atoms with Gasteiger partial charge in [-0.25, -0.2) is 4.98 Å². The van der Waals surface area contributed by atoms with E-state index in [9.17, 15) is 4.79 Å². The van der Waals surface area contributed by atoms with Gasteiger partial charge in [0.1, 0.15) is 17.1 Å². The van der Waals surface area contributed by atoms with Crippen molar-refractivity contribution < 1.29 is 14.3 Å². The number of aldehydes is 1. The van der Waals surface area contributed by atoms with Gasteiger partial charge in [-0.05, 0) is 12.1 Å². The molecule has 0 spiro atoms. The summed E-state index contributed by atoms with van der Waals surface area (Å²) in [5.74, 6) is 0.0732. The molecule has 4 nitrogen and oxygen atoms in total. The van der Waals surface area contributed by atoms with Gasteiger partial charge in [0.15, 0.2) is 6.29 Å². The van der Waals surface area contributed by atoms with E-state index in [1.165, 1.54) is 0 Å². The van der Waals surface area contributed by atoms with Crippen LogP contribution in [0.2, 0.25) is 0 Å². The molecular formula is C10H11NO3. The van der Waals surface area contributed by atoms with E-state index in [0.29, 0.717) is 30.0 Å². The van der Waals surface area contributed by atoms with Crippen LogP contribution in [0.1, 0.15) is 30.0 Å². The Morgan fingerprint density at radius 2 is 2.29 bits per heavy atom. The summed E-state index contributed by atoms with van der Waals surface area (Å²) in [6.45, 7) is 4.05. The van der Waals surface area contributed by atoms with Crippen LogP contribution in [0, 0.1) is 0 Å². The number of pyridine rings is 1. The van der Waals surface area contributed by atoms with Crippen molar-refractivity contribution in [1.29, 1.82) is 0 Å². The Kier molecular flexibility index (Phi) is 2.00. The van der Waals surface area contributed by atoms with Gasteiger partial charge in [-0.1, -0.05) is 0 Å². The number of aromatic nitrogens is 1. The number of fused-ring (bicyclic) bond motifs is 1. The maximum absolute atomic E-state index is 10.5. The Bertz CT molecular complexity index is 374. The van der Waals surface area contributed by atoms with Crippen LogP contribution < -0.4 is 4.74 Å². The van der Waals surface area contributed by atoms with E-state index in [1.54, 1.807) is 12.1 Å². The molecule has 74 valence electrons. The second-order valence-electron chi connectivity index (χ2n) is 3.59. The average Bonchev–Trinajstić information content (AvgIpc) is 2.16. The maximum Gasteiger partial charge on any atom is 0.205 e. The van der Waals surface area contributed by atoms with Crippen LogP contribution in [0.3, 0.4) is 0 Å². The van der Waals surface area contributed by atoms with Crippen LogP contribution in [0.4, 0.5) is 0 Å². The summed E-state index contributed by atoms with van der Waals surface area (Å²) in [6.07, 6.45) is 0.708. The number of hydrogen-bond donors (Lipinski definition) is 0. The van der Waals surface area contributed by atoms with Crippen LogP contribution in [-0.4, -0.2) is 17.1 Å². The lowest BCUT2D eigenvalue weighted by atomic mass is 10.2. The predicted octanol–water partition coefficient (Wildman–Crippen LogP) is 1.54. The van der Waals surface area contributed by atoms with E-state index < -0.39 is 5.79 Å². The number of carbonyl (C=O) groups excluding carboxylic acids is 1. The van der Waals surface area contributed by atoms with Crippen molar-refractivity contribution in [2.45, 2.75) is 26.2 Å². The molecule has 0 saturated carbocycles. The molecular weight excluding hydrogens is 182 g/mol. The number of nitrogens with zero attached hydrogens (tertiary/aromatic N) is 1. The lowest BCUT2D eigenvalue weighted by Gasteiger charge is -2.31. The van der Waals surface area contributed by atoms with Crippen molar-refractivity contribution in [3.63, 3.8) is 0 Å². The second kappa shape index (κ2) is 3.06. The number of ether oxygens (including phenoxy) is 2. The third kappa shape index (κ3) is 1.61. The summed E-state index contributed by atoms with van der Waals surface area (Å²) < 4.78 is 10.9. The Labute approximate surface area is 81.9 Å². The molecule has 0 aliphatic carbocycles. The molecule has 0 fully saturated rings. The Morgan fingerprint density at radius 3 is 3.00 bits per heavy atom. The first-order chi connectivity index (χ1) is 6.61. The molecule has 0 amide bonds. The molecule has 2 rings (SSSR count). The van der Waals surface area contributed by atoms with Crippen LogP contribution in [0.5, 0.6) is 5.75 Å². The van der Waals surface area contributed by atoms with Gasteiger partial charge < -0.3 is 9.47 Å². The SMILES string of the molecule is CC1(C)OCc2nc(C=O)ccc2O1. The van der Waals surface area contributed by atoms with Gasteiger partial charge >= 0.3 is 0 Å². The topological polar surface area (TPSA) is 48.4 Å². The number of carbonyl (C=O) groups is 1. The Hall–Kier alpha value is -1.42. The maximum atomic E-state index is 10.5. The third-order valence-corrected chi connectivity index (χ3v) is 1.99. The highest BCUT2D eigenvalue weighted by Crippen LogP contribution is 2.29. The largest absolute Gasteiger partial charge is 0.461 e. The molecule has 1 aromatic rings. The zero-order valence-corrected chi connectivity index (χ0v) is 8.11. The molecule has 0 atom stereocenters. The fourth-order valence-corrected chi connectivity index (χ4v) is 1.30. The monoisotopic (exact) mass is 193 g/mol. The number of rotatable bonds is 1. The van der Waals surface area contributed by atoms with E-state index in [-0.39, 0.29) is 0 Å². The first-order valence-electron chi connectivity index (χ1n) is 4.39. The smallest absolute Gasteiger partial charge is 0.205 e. The van der Waals surface area contributed by atoms with E-state index in [0.717, 1.165) is 0 Å². The molecule has 1 aliphatic heterocycles. The summed E-state index contributed by atoms with van der Waals surface area (Å²) in [5.41, 5.74) is 1.07. The van der Waals surface area contributed by atoms with E-state index in [1.807, 2.05) is 13.8 Å². The van der Waals surface area contributed by atoms with E-state index in [4.69, 9.17) is 9.47 Å². The van der Waals surface area contributed by atoms with E-state index in [2.05, 4.69) is 4.98 Å². The van der Waals surface area contributed by atoms with Crippen LogP contribution in [-0.2, 0) is 11.3 Å². The van der Waals surface area contributed by atoms with Crippen molar-refractivity contribution >= 4 is 6.29 Å². The quantitative estimate of drug-likeness (QED) is 0.635. The molecule has 0 aromatic carbocycles. The van der Waals surface area contributed by atoms with Gasteiger partial charge in [0.2, 0.25) is 5.79 Å². The molecule has 1 aromatic heterocycles. The lowest BCUT2D eigenvalue weighted by molar-refractivity contribution is -0.181. The van der Waals surface area contributed by atoms with Gasteiger partial charge in [0, 0.05) is 13.8 Å². The molecule has 0 unspecified atom stereocenters. The molecule has 2 heterocycles. The highest BCUT2D eigenvalue weighted by Gasteiger charge is 2.27. The van der Waals surface area contributed by atoms with Gasteiger partial charge in [-0.2, -0.15) is 0 Å². The van der Waals surface area contributed by atoms with Crippen LogP contribution in [0.15, 0.2) is 12.1 Å². The van der Waals surface area contributed by atoms with Gasteiger partial charge in [0.25, 0.3) is 0 Å².